The van der Waals surface area contributed by atoms with Crippen LogP contribution in [0.15, 0.2) is 0 Å². The van der Waals surface area contributed by atoms with E-state index in [4.69, 9.17) is 0 Å². The van der Waals surface area contributed by atoms with E-state index >= 15 is 0 Å². The lowest BCUT2D eigenvalue weighted by molar-refractivity contribution is 0.205. The molecule has 102 valence electrons. The number of nitrogens with one attached hydrogen (secondary N) is 1. The lowest BCUT2D eigenvalue weighted by atomic mass is 9.85. The Morgan fingerprint density at radius 1 is 1.29 bits per heavy atom. The van der Waals surface area contributed by atoms with Crippen LogP contribution >= 0.6 is 0 Å². The minimum atomic E-state index is 0.793. The highest BCUT2D eigenvalue weighted by Crippen LogP contribution is 2.22. The van der Waals surface area contributed by atoms with Gasteiger partial charge in [0.1, 0.15) is 0 Å². The minimum Gasteiger partial charge on any atom is -0.316 e. The first kappa shape index (κ1) is 15.0. The molecule has 1 aliphatic rings. The molecular formula is C15H32N2. The predicted octanol–water partition coefficient (Wildman–Crippen LogP) is 2.99. The number of nitrogens with zero attached hydrogens (tertiary/aromatic N) is 1. The van der Waals surface area contributed by atoms with Gasteiger partial charge < -0.3 is 10.2 Å². The van der Waals surface area contributed by atoms with Crippen molar-refractivity contribution < 1.29 is 0 Å². The Balaban J connectivity index is 2.22. The Labute approximate surface area is 108 Å². The molecule has 0 aromatic heterocycles. The number of piperidine rings is 1. The molecule has 0 aliphatic carbocycles. The van der Waals surface area contributed by atoms with Gasteiger partial charge in [0, 0.05) is 6.54 Å². The van der Waals surface area contributed by atoms with Crippen molar-refractivity contribution >= 4 is 0 Å². The van der Waals surface area contributed by atoms with Crippen molar-refractivity contribution in [1.82, 2.24) is 10.2 Å². The summed E-state index contributed by atoms with van der Waals surface area (Å²) in [5.74, 6) is 2.59. The average Bonchev–Trinajstić information content (AvgIpc) is 2.34. The van der Waals surface area contributed by atoms with E-state index in [1.165, 1.54) is 52.0 Å². The summed E-state index contributed by atoms with van der Waals surface area (Å²) >= 11 is 0. The third kappa shape index (κ3) is 5.87. The molecule has 1 saturated heterocycles. The second-order valence-corrected chi connectivity index (χ2v) is 6.16. The Kier molecular flexibility index (Phi) is 7.14. The van der Waals surface area contributed by atoms with Crippen LogP contribution in [0.4, 0.5) is 0 Å². The minimum absolute atomic E-state index is 0.793. The second-order valence-electron chi connectivity index (χ2n) is 6.16. The molecule has 2 nitrogen and oxygen atoms in total. The van der Waals surface area contributed by atoms with E-state index in [2.05, 4.69) is 37.9 Å². The summed E-state index contributed by atoms with van der Waals surface area (Å²) < 4.78 is 0. The Hall–Kier alpha value is -0.0800. The fraction of sp³-hybridized carbons (Fsp3) is 1.00. The molecule has 1 fully saturated rings. The van der Waals surface area contributed by atoms with Gasteiger partial charge in [-0.3, -0.25) is 0 Å². The molecular weight excluding hydrogens is 208 g/mol. The fourth-order valence-corrected chi connectivity index (χ4v) is 2.88. The maximum Gasteiger partial charge on any atom is 0.000427 e. The van der Waals surface area contributed by atoms with E-state index in [1.807, 2.05) is 0 Å². The van der Waals surface area contributed by atoms with Crippen LogP contribution in [0.2, 0.25) is 0 Å². The van der Waals surface area contributed by atoms with E-state index < -0.39 is 0 Å². The van der Waals surface area contributed by atoms with Crippen molar-refractivity contribution in [2.24, 2.45) is 17.8 Å². The monoisotopic (exact) mass is 240 g/mol. The van der Waals surface area contributed by atoms with Gasteiger partial charge in [-0.15, -0.1) is 0 Å². The van der Waals surface area contributed by atoms with Crippen molar-refractivity contribution in [3.8, 4) is 0 Å². The van der Waals surface area contributed by atoms with Gasteiger partial charge in [-0.1, -0.05) is 27.7 Å². The van der Waals surface area contributed by atoms with Crippen molar-refractivity contribution in [3.05, 3.63) is 0 Å². The van der Waals surface area contributed by atoms with Gasteiger partial charge in [-0.2, -0.15) is 0 Å². The maximum atomic E-state index is 3.54. The largest absolute Gasteiger partial charge is 0.316 e. The molecule has 0 aromatic rings. The van der Waals surface area contributed by atoms with Crippen LogP contribution in [0.3, 0.4) is 0 Å². The molecule has 1 aliphatic heterocycles. The molecule has 1 rings (SSSR count). The number of hydrogen-bond acceptors (Lipinski definition) is 2. The summed E-state index contributed by atoms with van der Waals surface area (Å²) in [6.45, 7) is 15.6. The van der Waals surface area contributed by atoms with E-state index in [0.717, 1.165) is 17.8 Å². The third-order valence-corrected chi connectivity index (χ3v) is 4.11. The van der Waals surface area contributed by atoms with Crippen LogP contribution in [0, 0.1) is 17.8 Å². The first-order valence-electron chi connectivity index (χ1n) is 7.56. The quantitative estimate of drug-likeness (QED) is 0.736. The topological polar surface area (TPSA) is 15.3 Å². The molecule has 2 heteroatoms. The molecule has 1 N–H and O–H groups in total. The maximum absolute atomic E-state index is 3.54. The molecule has 1 heterocycles. The highest BCUT2D eigenvalue weighted by atomic mass is 15.1. The zero-order valence-corrected chi connectivity index (χ0v) is 12.3. The summed E-state index contributed by atoms with van der Waals surface area (Å²) in [5, 5.41) is 3.54. The van der Waals surface area contributed by atoms with Crippen molar-refractivity contribution in [1.29, 1.82) is 0 Å². The van der Waals surface area contributed by atoms with Crippen LogP contribution in [-0.4, -0.2) is 37.6 Å². The van der Waals surface area contributed by atoms with Crippen LogP contribution in [0.5, 0.6) is 0 Å². The van der Waals surface area contributed by atoms with Crippen LogP contribution in [0.25, 0.3) is 0 Å². The number of hydrogen-bond donors (Lipinski definition) is 1. The van der Waals surface area contributed by atoms with Crippen molar-refractivity contribution in [2.45, 2.75) is 47.0 Å². The average molecular weight is 240 g/mol. The summed E-state index contributed by atoms with van der Waals surface area (Å²) in [4.78, 5) is 2.61. The summed E-state index contributed by atoms with van der Waals surface area (Å²) in [5.41, 5.74) is 0. The second kappa shape index (κ2) is 8.10. The van der Waals surface area contributed by atoms with Gasteiger partial charge in [0.2, 0.25) is 0 Å². The highest BCUT2D eigenvalue weighted by Gasteiger charge is 2.20. The normalized spacial score (nSPS) is 23.3. The van der Waals surface area contributed by atoms with Gasteiger partial charge in [-0.05, 0) is 63.2 Å². The Bertz CT molecular complexity index is 185. The third-order valence-electron chi connectivity index (χ3n) is 4.11. The summed E-state index contributed by atoms with van der Waals surface area (Å²) in [7, 11) is 0. The van der Waals surface area contributed by atoms with Crippen molar-refractivity contribution in [2.75, 3.05) is 32.7 Å². The lowest BCUT2D eigenvalue weighted by Crippen LogP contribution is -2.35. The van der Waals surface area contributed by atoms with E-state index in [0.29, 0.717) is 0 Å². The first-order chi connectivity index (χ1) is 8.13. The fourth-order valence-electron chi connectivity index (χ4n) is 2.88. The van der Waals surface area contributed by atoms with Gasteiger partial charge in [0.15, 0.2) is 0 Å². The van der Waals surface area contributed by atoms with Crippen molar-refractivity contribution in [3.63, 3.8) is 0 Å². The highest BCUT2D eigenvalue weighted by molar-refractivity contribution is 4.75. The van der Waals surface area contributed by atoms with Gasteiger partial charge in [0.25, 0.3) is 0 Å². The smallest absolute Gasteiger partial charge is 0.000427 e. The first-order valence-corrected chi connectivity index (χ1v) is 7.56. The molecule has 0 spiro atoms. The van der Waals surface area contributed by atoms with Gasteiger partial charge in [0.05, 0.1) is 0 Å². The zero-order valence-electron chi connectivity index (χ0n) is 12.3. The predicted molar refractivity (Wildman–Crippen MR) is 76.3 cm³/mol. The number of rotatable bonds is 7. The summed E-state index contributed by atoms with van der Waals surface area (Å²) in [6, 6.07) is 0. The molecule has 2 atom stereocenters. The standard InChI is InChI=1S/C15H32N2/c1-5-17(12-13(2)3)10-8-14(4)15-7-6-9-16-11-15/h13-16H,5-12H2,1-4H3. The van der Waals surface area contributed by atoms with E-state index in [-0.39, 0.29) is 0 Å². The van der Waals surface area contributed by atoms with Crippen LogP contribution < -0.4 is 5.32 Å². The molecule has 2 unspecified atom stereocenters. The molecule has 0 aromatic carbocycles. The van der Waals surface area contributed by atoms with Gasteiger partial charge >= 0.3 is 0 Å². The van der Waals surface area contributed by atoms with Gasteiger partial charge in [-0.25, -0.2) is 0 Å². The molecule has 0 bridgehead atoms. The van der Waals surface area contributed by atoms with Crippen LogP contribution in [0.1, 0.15) is 47.0 Å². The van der Waals surface area contributed by atoms with E-state index in [1.54, 1.807) is 0 Å². The Morgan fingerprint density at radius 2 is 2.06 bits per heavy atom. The molecule has 0 radical (unpaired) electrons. The SMILES string of the molecule is CCN(CCC(C)C1CCCNC1)CC(C)C. The summed E-state index contributed by atoms with van der Waals surface area (Å²) in [6.07, 6.45) is 4.18. The van der Waals surface area contributed by atoms with Crippen LogP contribution in [-0.2, 0) is 0 Å². The molecule has 0 amide bonds. The Morgan fingerprint density at radius 3 is 2.59 bits per heavy atom. The van der Waals surface area contributed by atoms with E-state index in [9.17, 15) is 0 Å². The molecule has 0 saturated carbocycles. The zero-order chi connectivity index (χ0) is 12.7. The molecule has 17 heavy (non-hydrogen) atoms. The lowest BCUT2D eigenvalue weighted by Gasteiger charge is -2.30.